The number of hydrogen-bond acceptors (Lipinski definition) is 2. The van der Waals surface area contributed by atoms with Gasteiger partial charge in [-0.05, 0) is 17.7 Å². The van der Waals surface area contributed by atoms with Gasteiger partial charge in [0, 0.05) is 13.1 Å². The molecule has 0 spiro atoms. The van der Waals surface area contributed by atoms with E-state index in [0.717, 1.165) is 18.2 Å². The second-order valence-electron chi connectivity index (χ2n) is 3.52. The van der Waals surface area contributed by atoms with E-state index in [1.54, 1.807) is 0 Å². The van der Waals surface area contributed by atoms with Crippen molar-refractivity contribution in [1.29, 1.82) is 0 Å². The molecule has 0 unspecified atom stereocenters. The molecule has 1 rings (SSSR count). The third-order valence-electron chi connectivity index (χ3n) is 2.17. The van der Waals surface area contributed by atoms with E-state index in [-0.39, 0.29) is 11.5 Å². The SMILES string of the molecule is CN=C(N)NC(=O)/C=C/c1ccccc1C(F)(F)F. The molecule has 0 saturated heterocycles. The van der Waals surface area contributed by atoms with Crippen LogP contribution in [0.2, 0.25) is 0 Å². The highest BCUT2D eigenvalue weighted by Gasteiger charge is 2.32. The monoisotopic (exact) mass is 271 g/mol. The molecule has 0 fully saturated rings. The van der Waals surface area contributed by atoms with Crippen LogP contribution in [0.25, 0.3) is 6.08 Å². The van der Waals surface area contributed by atoms with Gasteiger partial charge in [0.1, 0.15) is 0 Å². The Labute approximate surface area is 107 Å². The fourth-order valence-corrected chi connectivity index (χ4v) is 1.29. The second kappa shape index (κ2) is 6.03. The number of nitrogens with zero attached hydrogens (tertiary/aromatic N) is 1. The van der Waals surface area contributed by atoms with Crippen molar-refractivity contribution in [2.45, 2.75) is 6.18 Å². The van der Waals surface area contributed by atoms with Crippen molar-refractivity contribution in [3.8, 4) is 0 Å². The lowest BCUT2D eigenvalue weighted by atomic mass is 10.1. The topological polar surface area (TPSA) is 67.5 Å². The van der Waals surface area contributed by atoms with Crippen LogP contribution < -0.4 is 11.1 Å². The minimum Gasteiger partial charge on any atom is -0.370 e. The Morgan fingerprint density at radius 1 is 1.37 bits per heavy atom. The molecule has 0 radical (unpaired) electrons. The van der Waals surface area contributed by atoms with E-state index in [4.69, 9.17) is 5.73 Å². The van der Waals surface area contributed by atoms with E-state index in [2.05, 4.69) is 10.3 Å². The van der Waals surface area contributed by atoms with Crippen LogP contribution in [0.3, 0.4) is 0 Å². The van der Waals surface area contributed by atoms with Gasteiger partial charge in [0.05, 0.1) is 5.56 Å². The van der Waals surface area contributed by atoms with Crippen molar-refractivity contribution in [2.75, 3.05) is 7.05 Å². The predicted octanol–water partition coefficient (Wildman–Crippen LogP) is 1.78. The standard InChI is InChI=1S/C12H12F3N3O/c1-17-11(16)18-10(19)7-6-8-4-2-3-5-9(8)12(13,14)15/h2-7H,1H3,(H3,16,17,18,19)/b7-6+. The zero-order chi connectivity index (χ0) is 14.5. The minimum atomic E-state index is -4.47. The molecule has 0 aromatic heterocycles. The highest BCUT2D eigenvalue weighted by atomic mass is 19.4. The first-order chi connectivity index (χ1) is 8.84. The van der Waals surface area contributed by atoms with Crippen molar-refractivity contribution in [1.82, 2.24) is 5.32 Å². The molecule has 0 saturated carbocycles. The van der Waals surface area contributed by atoms with E-state index >= 15 is 0 Å². The minimum absolute atomic E-state index is 0.0999. The summed E-state index contributed by atoms with van der Waals surface area (Å²) in [6.07, 6.45) is -2.44. The van der Waals surface area contributed by atoms with Gasteiger partial charge >= 0.3 is 6.18 Å². The Morgan fingerprint density at radius 3 is 2.58 bits per heavy atom. The number of hydrogen-bond donors (Lipinski definition) is 2. The molecule has 1 amide bonds. The number of nitrogens with two attached hydrogens (primary N) is 1. The number of aliphatic imine (C=N–C) groups is 1. The Morgan fingerprint density at radius 2 is 2.00 bits per heavy atom. The molecule has 19 heavy (non-hydrogen) atoms. The van der Waals surface area contributed by atoms with Gasteiger partial charge in [0.2, 0.25) is 0 Å². The van der Waals surface area contributed by atoms with Gasteiger partial charge < -0.3 is 5.73 Å². The van der Waals surface area contributed by atoms with Gasteiger partial charge in [0.25, 0.3) is 5.91 Å². The predicted molar refractivity (Wildman–Crippen MR) is 66.2 cm³/mol. The summed E-state index contributed by atoms with van der Waals surface area (Å²) in [5.41, 5.74) is 4.34. The van der Waals surface area contributed by atoms with Crippen LogP contribution in [0.1, 0.15) is 11.1 Å². The van der Waals surface area contributed by atoms with E-state index in [0.29, 0.717) is 0 Å². The Balaban J connectivity index is 2.91. The lowest BCUT2D eigenvalue weighted by Crippen LogP contribution is -2.35. The average Bonchev–Trinajstić information content (AvgIpc) is 2.35. The fraction of sp³-hybridized carbons (Fsp3) is 0.167. The number of halogens is 3. The smallest absolute Gasteiger partial charge is 0.370 e. The summed E-state index contributed by atoms with van der Waals surface area (Å²) in [6, 6.07) is 4.94. The van der Waals surface area contributed by atoms with E-state index in [1.807, 2.05) is 0 Å². The molecule has 0 aliphatic carbocycles. The first kappa shape index (κ1) is 14.7. The van der Waals surface area contributed by atoms with Crippen LogP contribution in [0.4, 0.5) is 13.2 Å². The zero-order valence-corrected chi connectivity index (χ0v) is 10.0. The summed E-state index contributed by atoms with van der Waals surface area (Å²) in [4.78, 5) is 14.8. The third-order valence-corrected chi connectivity index (χ3v) is 2.17. The van der Waals surface area contributed by atoms with Gasteiger partial charge in [-0.1, -0.05) is 18.2 Å². The van der Waals surface area contributed by atoms with Gasteiger partial charge in [0.15, 0.2) is 5.96 Å². The van der Waals surface area contributed by atoms with Crippen molar-refractivity contribution >= 4 is 17.9 Å². The molecule has 0 heterocycles. The van der Waals surface area contributed by atoms with Crippen LogP contribution in [-0.2, 0) is 11.0 Å². The van der Waals surface area contributed by atoms with Crippen molar-refractivity contribution in [3.05, 3.63) is 41.5 Å². The summed E-state index contributed by atoms with van der Waals surface area (Å²) in [7, 11) is 1.37. The molecule has 0 bridgehead atoms. The number of carbonyl (C=O) groups excluding carboxylic acids is 1. The fourth-order valence-electron chi connectivity index (χ4n) is 1.29. The lowest BCUT2D eigenvalue weighted by Gasteiger charge is -2.09. The molecular weight excluding hydrogens is 259 g/mol. The first-order valence-corrected chi connectivity index (χ1v) is 5.22. The molecule has 4 nitrogen and oxygen atoms in total. The van der Waals surface area contributed by atoms with Crippen LogP contribution in [-0.4, -0.2) is 18.9 Å². The van der Waals surface area contributed by atoms with Crippen LogP contribution in [0.15, 0.2) is 35.3 Å². The van der Waals surface area contributed by atoms with Crippen molar-refractivity contribution < 1.29 is 18.0 Å². The van der Waals surface area contributed by atoms with Gasteiger partial charge in [-0.15, -0.1) is 0 Å². The number of nitrogens with one attached hydrogen (secondary N) is 1. The maximum atomic E-state index is 12.7. The van der Waals surface area contributed by atoms with Crippen LogP contribution >= 0.6 is 0 Å². The second-order valence-corrected chi connectivity index (χ2v) is 3.52. The lowest BCUT2D eigenvalue weighted by molar-refractivity contribution is -0.137. The molecule has 7 heteroatoms. The summed E-state index contributed by atoms with van der Waals surface area (Å²) in [5.74, 6) is -0.765. The van der Waals surface area contributed by atoms with Crippen LogP contribution in [0, 0.1) is 0 Å². The van der Waals surface area contributed by atoms with Crippen molar-refractivity contribution in [2.24, 2.45) is 10.7 Å². The first-order valence-electron chi connectivity index (χ1n) is 5.22. The Bertz CT molecular complexity index is 521. The summed E-state index contributed by atoms with van der Waals surface area (Å²) in [6.45, 7) is 0. The number of guanidine groups is 1. The van der Waals surface area contributed by atoms with E-state index < -0.39 is 17.6 Å². The van der Waals surface area contributed by atoms with Crippen molar-refractivity contribution in [3.63, 3.8) is 0 Å². The molecule has 3 N–H and O–H groups in total. The molecule has 102 valence electrons. The molecular formula is C12H12F3N3O. The number of benzene rings is 1. The molecule has 0 aliphatic rings. The highest BCUT2D eigenvalue weighted by molar-refractivity contribution is 6.03. The average molecular weight is 271 g/mol. The highest BCUT2D eigenvalue weighted by Crippen LogP contribution is 2.32. The number of amides is 1. The number of carbonyl (C=O) groups is 1. The van der Waals surface area contributed by atoms with E-state index in [1.165, 1.54) is 25.2 Å². The zero-order valence-electron chi connectivity index (χ0n) is 10.0. The Hall–Kier alpha value is -2.31. The van der Waals surface area contributed by atoms with Gasteiger partial charge in [-0.2, -0.15) is 13.2 Å². The summed E-state index contributed by atoms with van der Waals surface area (Å²) < 4.78 is 38.0. The van der Waals surface area contributed by atoms with Gasteiger partial charge in [-0.25, -0.2) is 0 Å². The maximum Gasteiger partial charge on any atom is 0.416 e. The molecule has 0 atom stereocenters. The summed E-state index contributed by atoms with van der Waals surface area (Å²) >= 11 is 0. The number of alkyl halides is 3. The van der Waals surface area contributed by atoms with E-state index in [9.17, 15) is 18.0 Å². The molecule has 1 aromatic carbocycles. The number of rotatable bonds is 2. The maximum absolute atomic E-state index is 12.7. The molecule has 0 aliphatic heterocycles. The van der Waals surface area contributed by atoms with Gasteiger partial charge in [-0.3, -0.25) is 15.1 Å². The van der Waals surface area contributed by atoms with Crippen LogP contribution in [0.5, 0.6) is 0 Å². The largest absolute Gasteiger partial charge is 0.416 e. The Kier molecular flexibility index (Phi) is 4.68. The normalized spacial score (nSPS) is 12.7. The quantitative estimate of drug-likeness (QED) is 0.489. The third kappa shape index (κ3) is 4.46. The summed E-state index contributed by atoms with van der Waals surface area (Å²) in [5, 5.41) is 2.18. The molecule has 1 aromatic rings.